The summed E-state index contributed by atoms with van der Waals surface area (Å²) in [5.74, 6) is 1.51. The number of nitrogens with one attached hydrogen (secondary N) is 3. The molecule has 13 heteroatoms. The first-order valence-corrected chi connectivity index (χ1v) is 9.09. The van der Waals surface area contributed by atoms with Crippen LogP contribution in [0.3, 0.4) is 0 Å². The number of primary amides is 1. The molecule has 0 saturated carbocycles. The molecule has 2 rings (SSSR count). The summed E-state index contributed by atoms with van der Waals surface area (Å²) in [5.41, 5.74) is 10.3. The maximum absolute atomic E-state index is 14.7. The number of urea groups is 1. The van der Waals surface area contributed by atoms with Crippen LogP contribution >= 0.6 is 0 Å². The van der Waals surface area contributed by atoms with Crippen LogP contribution in [0, 0.1) is 29.9 Å². The molecule has 0 aliphatic carbocycles. The quantitative estimate of drug-likeness (QED) is 0.195. The lowest BCUT2D eigenvalue weighted by molar-refractivity contribution is 0.102. The van der Waals surface area contributed by atoms with Gasteiger partial charge in [0.2, 0.25) is 0 Å². The van der Waals surface area contributed by atoms with Crippen molar-refractivity contribution in [3.8, 4) is 6.07 Å². The van der Waals surface area contributed by atoms with E-state index in [1.807, 2.05) is 6.07 Å². The standard InChI is InChI=1S/C19H21F3N8O2/c1-9-2-10(6-23)7-27-16(9)17(31)28-11-3-12(15(22)13(21)4-11)19(8-20,29-18(25)32)5-14(24)30-26/h2-4,7,14,30H,5,8,24,26H2,1H3,(H,28,31)(H3,25,29,32)/t14-,19+/m1/s1. The summed E-state index contributed by atoms with van der Waals surface area (Å²) in [6, 6.07) is 3.68. The molecule has 1 aromatic heterocycles. The molecule has 170 valence electrons. The molecule has 2 atom stereocenters. The van der Waals surface area contributed by atoms with Crippen molar-refractivity contribution in [3.63, 3.8) is 0 Å². The zero-order valence-corrected chi connectivity index (χ0v) is 16.9. The zero-order valence-electron chi connectivity index (χ0n) is 16.9. The van der Waals surface area contributed by atoms with Crippen molar-refractivity contribution in [2.45, 2.75) is 25.0 Å². The van der Waals surface area contributed by atoms with Gasteiger partial charge in [0, 0.05) is 29.9 Å². The van der Waals surface area contributed by atoms with E-state index in [1.165, 1.54) is 19.2 Å². The number of alkyl halides is 1. The van der Waals surface area contributed by atoms with Crippen molar-refractivity contribution in [1.82, 2.24) is 15.7 Å². The van der Waals surface area contributed by atoms with Crippen LogP contribution < -0.4 is 33.4 Å². The summed E-state index contributed by atoms with van der Waals surface area (Å²) in [7, 11) is 0. The van der Waals surface area contributed by atoms with Gasteiger partial charge in [-0.05, 0) is 24.6 Å². The number of halogens is 3. The fraction of sp³-hybridized carbons (Fsp3) is 0.263. The lowest BCUT2D eigenvalue weighted by Crippen LogP contribution is -2.56. The van der Waals surface area contributed by atoms with Crippen LogP contribution in [0.15, 0.2) is 24.4 Å². The van der Waals surface area contributed by atoms with Gasteiger partial charge in [0.15, 0.2) is 11.6 Å². The van der Waals surface area contributed by atoms with E-state index in [2.05, 4.69) is 21.0 Å². The molecule has 0 aliphatic heterocycles. The number of carbonyl (C=O) groups is 2. The second-order valence-electron chi connectivity index (χ2n) is 6.96. The minimum Gasteiger partial charge on any atom is -0.352 e. The highest BCUT2D eigenvalue weighted by atomic mass is 19.2. The van der Waals surface area contributed by atoms with Gasteiger partial charge in [-0.2, -0.15) is 5.26 Å². The number of aromatic nitrogens is 1. The lowest BCUT2D eigenvalue weighted by Gasteiger charge is -2.34. The van der Waals surface area contributed by atoms with Gasteiger partial charge in [0.25, 0.3) is 5.91 Å². The molecule has 1 heterocycles. The molecule has 3 amide bonds. The third-order valence-electron chi connectivity index (χ3n) is 4.60. The minimum absolute atomic E-state index is 0.0725. The number of pyridine rings is 1. The molecule has 0 bridgehead atoms. The summed E-state index contributed by atoms with van der Waals surface area (Å²) in [6.07, 6.45) is -0.471. The molecule has 0 spiro atoms. The summed E-state index contributed by atoms with van der Waals surface area (Å²) in [4.78, 5) is 28.0. The minimum atomic E-state index is -2.19. The van der Waals surface area contributed by atoms with Crippen LogP contribution in [-0.2, 0) is 5.54 Å². The van der Waals surface area contributed by atoms with Crippen molar-refractivity contribution < 1.29 is 22.8 Å². The monoisotopic (exact) mass is 450 g/mol. The molecular weight excluding hydrogens is 429 g/mol. The summed E-state index contributed by atoms with van der Waals surface area (Å²) in [6.45, 7) is 0.112. The van der Waals surface area contributed by atoms with E-state index >= 15 is 0 Å². The highest BCUT2D eigenvalue weighted by Gasteiger charge is 2.39. The van der Waals surface area contributed by atoms with Gasteiger partial charge in [-0.3, -0.25) is 10.6 Å². The molecular formula is C19H21F3N8O2. The Labute approximate surface area is 180 Å². The van der Waals surface area contributed by atoms with E-state index in [0.29, 0.717) is 11.6 Å². The highest BCUT2D eigenvalue weighted by molar-refractivity contribution is 6.03. The van der Waals surface area contributed by atoms with Crippen molar-refractivity contribution in [2.75, 3.05) is 12.0 Å². The molecule has 0 unspecified atom stereocenters. The molecule has 2 aromatic rings. The molecule has 0 fully saturated rings. The largest absolute Gasteiger partial charge is 0.352 e. The Balaban J connectivity index is 2.52. The smallest absolute Gasteiger partial charge is 0.312 e. The molecule has 1 aromatic carbocycles. The van der Waals surface area contributed by atoms with E-state index in [-0.39, 0.29) is 16.9 Å². The van der Waals surface area contributed by atoms with E-state index in [1.54, 1.807) is 0 Å². The molecule has 0 radical (unpaired) electrons. The van der Waals surface area contributed by atoms with Crippen LogP contribution in [0.5, 0.6) is 0 Å². The number of nitriles is 1. The van der Waals surface area contributed by atoms with Gasteiger partial charge in [0.05, 0.1) is 11.7 Å². The second-order valence-corrected chi connectivity index (χ2v) is 6.96. The number of carbonyl (C=O) groups excluding carboxylic acids is 2. The Morgan fingerprint density at radius 1 is 1.31 bits per heavy atom. The van der Waals surface area contributed by atoms with Gasteiger partial charge in [0.1, 0.15) is 24.0 Å². The van der Waals surface area contributed by atoms with Crippen molar-refractivity contribution in [1.29, 1.82) is 5.26 Å². The van der Waals surface area contributed by atoms with E-state index < -0.39 is 53.9 Å². The number of anilines is 1. The van der Waals surface area contributed by atoms with Crippen LogP contribution in [0.25, 0.3) is 0 Å². The summed E-state index contributed by atoms with van der Waals surface area (Å²) < 4.78 is 43.2. The Morgan fingerprint density at radius 2 is 2.00 bits per heavy atom. The Morgan fingerprint density at radius 3 is 2.53 bits per heavy atom. The maximum Gasteiger partial charge on any atom is 0.312 e. The number of rotatable bonds is 8. The third kappa shape index (κ3) is 5.30. The lowest BCUT2D eigenvalue weighted by atomic mass is 9.85. The number of hydrazine groups is 1. The molecule has 9 N–H and O–H groups in total. The summed E-state index contributed by atoms with van der Waals surface area (Å²) in [5, 5.41) is 13.3. The average Bonchev–Trinajstić information content (AvgIpc) is 2.74. The Bertz CT molecular complexity index is 1080. The number of hydrogen-bond donors (Lipinski definition) is 6. The van der Waals surface area contributed by atoms with Crippen LogP contribution in [-0.4, -0.2) is 29.8 Å². The zero-order chi connectivity index (χ0) is 24.1. The fourth-order valence-corrected chi connectivity index (χ4v) is 3.13. The fourth-order valence-electron chi connectivity index (χ4n) is 3.13. The summed E-state index contributed by atoms with van der Waals surface area (Å²) >= 11 is 0. The predicted octanol–water partition coefficient (Wildman–Crippen LogP) is 0.764. The van der Waals surface area contributed by atoms with Crippen molar-refractivity contribution in [2.24, 2.45) is 17.3 Å². The molecule has 32 heavy (non-hydrogen) atoms. The van der Waals surface area contributed by atoms with Gasteiger partial charge in [-0.25, -0.2) is 28.4 Å². The number of nitrogens with two attached hydrogens (primary N) is 3. The van der Waals surface area contributed by atoms with E-state index in [9.17, 15) is 22.8 Å². The first-order valence-electron chi connectivity index (χ1n) is 9.09. The van der Waals surface area contributed by atoms with E-state index in [0.717, 1.165) is 6.07 Å². The number of aryl methyl sites for hydroxylation is 1. The number of hydrogen-bond acceptors (Lipinski definition) is 7. The first-order chi connectivity index (χ1) is 15.1. The van der Waals surface area contributed by atoms with Gasteiger partial charge >= 0.3 is 6.03 Å². The van der Waals surface area contributed by atoms with Crippen LogP contribution in [0.4, 0.5) is 23.7 Å². The molecule has 0 aliphatic rings. The predicted molar refractivity (Wildman–Crippen MR) is 108 cm³/mol. The topological polar surface area (TPSA) is 185 Å². The van der Waals surface area contributed by atoms with Crippen molar-refractivity contribution >= 4 is 17.6 Å². The highest BCUT2D eigenvalue weighted by Crippen LogP contribution is 2.33. The second kappa shape index (κ2) is 10.1. The van der Waals surface area contributed by atoms with Crippen LogP contribution in [0.1, 0.15) is 33.6 Å². The van der Waals surface area contributed by atoms with Gasteiger partial charge in [-0.15, -0.1) is 0 Å². The maximum atomic E-state index is 14.7. The number of amides is 3. The van der Waals surface area contributed by atoms with Gasteiger partial charge < -0.3 is 22.1 Å². The Hall–Kier alpha value is -3.73. The normalized spacial score (nSPS) is 13.5. The SMILES string of the molecule is Cc1cc(C#N)cnc1C(=O)Nc1cc(F)c(F)c([C@@](CF)(C[C@H](N)NN)NC(N)=O)c1. The third-order valence-corrected chi connectivity index (χ3v) is 4.60. The van der Waals surface area contributed by atoms with Gasteiger partial charge in [-0.1, -0.05) is 0 Å². The van der Waals surface area contributed by atoms with Crippen LogP contribution in [0.2, 0.25) is 0 Å². The van der Waals surface area contributed by atoms with E-state index in [4.69, 9.17) is 22.6 Å². The molecule has 0 saturated heterocycles. The first kappa shape index (κ1) is 24.5. The Kier molecular flexibility index (Phi) is 7.71. The number of benzene rings is 1. The molecule has 10 nitrogen and oxygen atoms in total. The van der Waals surface area contributed by atoms with Crippen molar-refractivity contribution in [3.05, 3.63) is 58.4 Å². The number of nitrogens with zero attached hydrogens (tertiary/aromatic N) is 2. The average molecular weight is 450 g/mol.